The van der Waals surface area contributed by atoms with Gasteiger partial charge in [-0.3, -0.25) is 19.1 Å². The number of Topliss-reactive ketones (excluding diaryl/α,β-unsaturated/α-hetero) is 1. The number of halogens is 1. The molecule has 198 valence electrons. The second-order valence-electron chi connectivity index (χ2n) is 10.1. The fraction of sp³-hybridized carbons (Fsp3) is 0.129. The van der Waals surface area contributed by atoms with Gasteiger partial charge in [0.15, 0.2) is 5.78 Å². The average Bonchev–Trinajstić information content (AvgIpc) is 3.51. The maximum Gasteiger partial charge on any atom is 0.273 e. The van der Waals surface area contributed by atoms with E-state index in [1.165, 1.54) is 28.8 Å². The number of carbonyl (C=O) groups excluding carboxylic acids is 1. The molecule has 0 saturated carbocycles. The van der Waals surface area contributed by atoms with E-state index in [0.29, 0.717) is 16.9 Å². The quantitative estimate of drug-likeness (QED) is 0.324. The first kappa shape index (κ1) is 26.7. The molecule has 0 atom stereocenters. The molecule has 0 amide bonds. The second-order valence-corrected chi connectivity index (χ2v) is 11.1. The van der Waals surface area contributed by atoms with E-state index in [2.05, 4.69) is 4.98 Å². The van der Waals surface area contributed by atoms with Crippen molar-refractivity contribution in [3.63, 3.8) is 0 Å². The number of pyridine rings is 1. The number of nitrogens with zero attached hydrogens (tertiary/aromatic N) is 5. The lowest BCUT2D eigenvalue weighted by molar-refractivity contribution is -0.120. The van der Waals surface area contributed by atoms with Gasteiger partial charge < -0.3 is 0 Å². The monoisotopic (exact) mass is 549 g/mol. The van der Waals surface area contributed by atoms with Gasteiger partial charge in [0.2, 0.25) is 0 Å². The van der Waals surface area contributed by atoms with Crippen molar-refractivity contribution in [3.05, 3.63) is 116 Å². The Kier molecular flexibility index (Phi) is 7.11. The number of nitriles is 1. The Morgan fingerprint density at radius 1 is 1.02 bits per heavy atom. The predicted octanol–water partition coefficient (Wildman–Crippen LogP) is 4.40. The lowest BCUT2D eigenvalue weighted by Gasteiger charge is -2.15. The van der Waals surface area contributed by atoms with E-state index in [1.54, 1.807) is 50.0 Å². The van der Waals surface area contributed by atoms with Gasteiger partial charge in [0.1, 0.15) is 27.8 Å². The molecule has 5 aromatic rings. The van der Waals surface area contributed by atoms with Crippen molar-refractivity contribution < 1.29 is 9.18 Å². The largest absolute Gasteiger partial charge is 0.293 e. The molecule has 0 aliphatic rings. The molecule has 3 aromatic heterocycles. The highest BCUT2D eigenvalue weighted by atomic mass is 32.1. The van der Waals surface area contributed by atoms with E-state index in [0.717, 1.165) is 22.6 Å². The van der Waals surface area contributed by atoms with Crippen molar-refractivity contribution in [2.45, 2.75) is 20.8 Å². The van der Waals surface area contributed by atoms with Crippen molar-refractivity contribution in [1.82, 2.24) is 19.3 Å². The van der Waals surface area contributed by atoms with Gasteiger partial charge >= 0.3 is 0 Å². The van der Waals surface area contributed by atoms with Crippen LogP contribution in [-0.4, -0.2) is 25.1 Å². The van der Waals surface area contributed by atoms with Crippen molar-refractivity contribution in [3.8, 4) is 28.7 Å². The second kappa shape index (κ2) is 10.7. The highest BCUT2D eigenvalue weighted by molar-refractivity contribution is 7.07. The van der Waals surface area contributed by atoms with E-state index < -0.39 is 22.6 Å². The summed E-state index contributed by atoms with van der Waals surface area (Å²) in [5.74, 6) is -0.864. The minimum Gasteiger partial charge on any atom is -0.293 e. The van der Waals surface area contributed by atoms with Crippen LogP contribution in [0.3, 0.4) is 0 Å². The Morgan fingerprint density at radius 3 is 2.38 bits per heavy atom. The summed E-state index contributed by atoms with van der Waals surface area (Å²) in [6.45, 7) is 5.14. The molecule has 40 heavy (non-hydrogen) atoms. The Bertz CT molecular complexity index is 1930. The fourth-order valence-electron chi connectivity index (χ4n) is 4.12. The molecule has 0 spiro atoms. The Labute approximate surface area is 233 Å². The number of hydrogen-bond donors (Lipinski definition) is 0. The Morgan fingerprint density at radius 2 is 1.75 bits per heavy atom. The van der Waals surface area contributed by atoms with Crippen LogP contribution in [-0.2, 0) is 4.79 Å². The average molecular weight is 550 g/mol. The number of para-hydroxylation sites is 1. The maximum absolute atomic E-state index is 13.9. The molecule has 0 aliphatic heterocycles. The van der Waals surface area contributed by atoms with Gasteiger partial charge in [0.05, 0.1) is 15.9 Å². The van der Waals surface area contributed by atoms with Crippen LogP contribution >= 0.6 is 11.3 Å². The van der Waals surface area contributed by atoms with Crippen LogP contribution in [0.5, 0.6) is 0 Å². The number of ketones is 1. The zero-order valence-corrected chi connectivity index (χ0v) is 22.8. The van der Waals surface area contributed by atoms with Gasteiger partial charge in [0.25, 0.3) is 5.56 Å². The van der Waals surface area contributed by atoms with E-state index >= 15 is 0 Å². The topological polar surface area (TPSA) is 93.6 Å². The first-order chi connectivity index (χ1) is 19.2. The van der Waals surface area contributed by atoms with Crippen LogP contribution in [0.15, 0.2) is 90.1 Å². The summed E-state index contributed by atoms with van der Waals surface area (Å²) in [6.07, 6.45) is 6.87. The van der Waals surface area contributed by atoms with Gasteiger partial charge in [-0.1, -0.05) is 39.0 Å². The van der Waals surface area contributed by atoms with Crippen LogP contribution in [0.1, 0.15) is 26.3 Å². The van der Waals surface area contributed by atoms with Crippen molar-refractivity contribution >= 4 is 28.8 Å². The lowest BCUT2D eigenvalue weighted by atomic mass is 9.87. The number of hydrogen-bond acceptors (Lipinski definition) is 6. The summed E-state index contributed by atoms with van der Waals surface area (Å²) >= 11 is 1.03. The van der Waals surface area contributed by atoms with Crippen LogP contribution < -0.4 is 14.8 Å². The SMILES string of the molecule is CC(C)(C)C(=O)/C(C#N)=c1/s/c(=C\c2cn(-c3ccccc3)nc2-c2cccnc2)c(=O)n1-c1ccc(F)cc1. The van der Waals surface area contributed by atoms with Crippen LogP contribution in [0, 0.1) is 22.6 Å². The molecule has 0 unspecified atom stereocenters. The molecule has 5 rings (SSSR count). The summed E-state index contributed by atoms with van der Waals surface area (Å²) in [7, 11) is 0. The zero-order valence-electron chi connectivity index (χ0n) is 22.0. The molecular formula is C31H24FN5O2S. The highest BCUT2D eigenvalue weighted by Gasteiger charge is 2.27. The van der Waals surface area contributed by atoms with E-state index in [4.69, 9.17) is 5.10 Å². The first-order valence-electron chi connectivity index (χ1n) is 12.4. The van der Waals surface area contributed by atoms with Crippen LogP contribution in [0.4, 0.5) is 4.39 Å². The van der Waals surface area contributed by atoms with Gasteiger partial charge in [-0.25, -0.2) is 9.07 Å². The smallest absolute Gasteiger partial charge is 0.273 e. The Balaban J connectivity index is 1.83. The number of benzene rings is 2. The third-order valence-corrected chi connectivity index (χ3v) is 7.22. The third-order valence-electron chi connectivity index (χ3n) is 6.13. The molecular weight excluding hydrogens is 525 g/mol. The van der Waals surface area contributed by atoms with Crippen molar-refractivity contribution in [1.29, 1.82) is 5.26 Å². The minimum absolute atomic E-state index is 0.133. The van der Waals surface area contributed by atoms with Crippen molar-refractivity contribution in [2.75, 3.05) is 0 Å². The molecule has 0 bridgehead atoms. The number of thiazole rings is 1. The molecule has 7 nitrogen and oxygen atoms in total. The molecule has 0 saturated heterocycles. The fourth-order valence-corrected chi connectivity index (χ4v) is 5.21. The van der Waals surface area contributed by atoms with Gasteiger partial charge in [0, 0.05) is 35.1 Å². The van der Waals surface area contributed by atoms with E-state index in [9.17, 15) is 19.2 Å². The maximum atomic E-state index is 13.9. The van der Waals surface area contributed by atoms with Crippen LogP contribution in [0.2, 0.25) is 0 Å². The molecule has 9 heteroatoms. The third kappa shape index (κ3) is 5.17. The zero-order chi connectivity index (χ0) is 28.4. The summed E-state index contributed by atoms with van der Waals surface area (Å²) in [4.78, 5) is 31.3. The van der Waals surface area contributed by atoms with Gasteiger partial charge in [-0.2, -0.15) is 10.4 Å². The molecule has 0 radical (unpaired) electrons. The number of carbonyl (C=O) groups is 1. The summed E-state index contributed by atoms with van der Waals surface area (Å²) in [5.41, 5.74) is 1.76. The number of rotatable bonds is 5. The summed E-state index contributed by atoms with van der Waals surface area (Å²) in [6, 6.07) is 20.6. The van der Waals surface area contributed by atoms with Crippen molar-refractivity contribution in [2.24, 2.45) is 5.41 Å². The molecule has 0 N–H and O–H groups in total. The molecule has 0 aliphatic carbocycles. The van der Waals surface area contributed by atoms with E-state index in [1.807, 2.05) is 48.7 Å². The molecule has 0 fully saturated rings. The molecule has 2 aromatic carbocycles. The normalized spacial score (nSPS) is 12.7. The lowest BCUT2D eigenvalue weighted by Crippen LogP contribution is -2.33. The standard InChI is InChI=1S/C31H24FN5O2S/c1-31(2,3)28(38)25(17-33)30-37(24-13-11-22(32)12-14-24)29(39)26(40-30)16-21-19-36(23-9-5-4-6-10-23)35-27(21)20-8-7-15-34-18-20/h4-16,18-19H,1-3H3/b26-16-,30-25+. The van der Waals surface area contributed by atoms with Crippen LogP contribution in [0.25, 0.3) is 34.3 Å². The summed E-state index contributed by atoms with van der Waals surface area (Å²) in [5, 5.41) is 14.8. The predicted molar refractivity (Wildman–Crippen MR) is 153 cm³/mol. The van der Waals surface area contributed by atoms with Gasteiger partial charge in [-0.05, 0) is 54.6 Å². The number of aromatic nitrogens is 4. The highest BCUT2D eigenvalue weighted by Crippen LogP contribution is 2.24. The summed E-state index contributed by atoms with van der Waals surface area (Å²) < 4.78 is 17.2. The minimum atomic E-state index is -0.854. The Hall–Kier alpha value is -4.94. The first-order valence-corrected chi connectivity index (χ1v) is 13.2. The van der Waals surface area contributed by atoms with Gasteiger partial charge in [-0.15, -0.1) is 11.3 Å². The molecule has 3 heterocycles. The van der Waals surface area contributed by atoms with E-state index in [-0.39, 0.29) is 14.8 Å².